The fourth-order valence-electron chi connectivity index (χ4n) is 2.00. The Kier molecular flexibility index (Phi) is 4.43. The van der Waals surface area contributed by atoms with Crippen LogP contribution in [0.1, 0.15) is 34.8 Å². The maximum absolute atomic E-state index is 12.5. The van der Waals surface area contributed by atoms with Gasteiger partial charge in [0, 0.05) is 16.8 Å². The number of aliphatic hydroxyl groups is 1. The summed E-state index contributed by atoms with van der Waals surface area (Å²) in [6.07, 6.45) is 1.30. The second-order valence-corrected chi connectivity index (χ2v) is 6.53. The zero-order valence-corrected chi connectivity index (χ0v) is 13.3. The average molecular weight is 309 g/mol. The molecule has 1 atom stereocenters. The monoisotopic (exact) mass is 309 g/mol. The maximum atomic E-state index is 12.5. The van der Waals surface area contributed by atoms with Gasteiger partial charge in [0.05, 0.1) is 12.6 Å². The van der Waals surface area contributed by atoms with Crippen LogP contribution in [0.3, 0.4) is 0 Å². The normalized spacial score (nSPS) is 12.9. The summed E-state index contributed by atoms with van der Waals surface area (Å²) in [4.78, 5) is 30.4. The van der Waals surface area contributed by atoms with Gasteiger partial charge in [-0.1, -0.05) is 13.8 Å². The largest absolute Gasteiger partial charge is 0.394 e. The van der Waals surface area contributed by atoms with E-state index in [4.69, 9.17) is 0 Å². The molecule has 2 rings (SSSR count). The first kappa shape index (κ1) is 15.7. The Balaban J connectivity index is 2.43. The zero-order chi connectivity index (χ0) is 15.7. The Morgan fingerprint density at radius 1 is 1.48 bits per heavy atom. The van der Waals surface area contributed by atoms with Gasteiger partial charge in [-0.3, -0.25) is 14.0 Å². The lowest BCUT2D eigenvalue weighted by Crippen LogP contribution is -2.43. The standard InChI is InChI=1S/C14H19N3O3S/c1-7(2)11(6-18)16-12(19)10-5-15-14-17(13(10)20)8(3)9(4)21-14/h5,7,11,18H,6H2,1-4H3,(H,16,19)/t11-/m1/s1. The number of rotatable bonds is 4. The van der Waals surface area contributed by atoms with E-state index in [0.29, 0.717) is 4.96 Å². The van der Waals surface area contributed by atoms with Gasteiger partial charge in [-0.2, -0.15) is 0 Å². The smallest absolute Gasteiger partial charge is 0.271 e. The summed E-state index contributed by atoms with van der Waals surface area (Å²) in [7, 11) is 0. The fourth-order valence-corrected chi connectivity index (χ4v) is 2.93. The number of thiazole rings is 1. The molecule has 0 saturated carbocycles. The second-order valence-electron chi connectivity index (χ2n) is 5.35. The van der Waals surface area contributed by atoms with Gasteiger partial charge in [0.25, 0.3) is 11.5 Å². The van der Waals surface area contributed by atoms with Gasteiger partial charge in [-0.05, 0) is 19.8 Å². The Morgan fingerprint density at radius 3 is 2.71 bits per heavy atom. The number of aliphatic hydroxyl groups excluding tert-OH is 1. The number of hydrogen-bond donors (Lipinski definition) is 2. The molecular formula is C14H19N3O3S. The van der Waals surface area contributed by atoms with Crippen LogP contribution in [0, 0.1) is 19.8 Å². The summed E-state index contributed by atoms with van der Waals surface area (Å²) in [6.45, 7) is 7.35. The van der Waals surface area contributed by atoms with Crippen LogP contribution >= 0.6 is 11.3 Å². The van der Waals surface area contributed by atoms with Crippen LogP contribution < -0.4 is 10.9 Å². The van der Waals surface area contributed by atoms with E-state index < -0.39 is 5.91 Å². The number of fused-ring (bicyclic) bond motifs is 1. The number of nitrogens with zero attached hydrogens (tertiary/aromatic N) is 2. The summed E-state index contributed by atoms with van der Waals surface area (Å²) < 4.78 is 1.46. The van der Waals surface area contributed by atoms with Crippen molar-refractivity contribution in [2.75, 3.05) is 6.61 Å². The minimum Gasteiger partial charge on any atom is -0.394 e. The molecule has 0 aliphatic heterocycles. The Hall–Kier alpha value is -1.73. The van der Waals surface area contributed by atoms with Crippen molar-refractivity contribution in [1.82, 2.24) is 14.7 Å². The minimum absolute atomic E-state index is 0.00694. The van der Waals surface area contributed by atoms with Crippen LogP contribution in [0.25, 0.3) is 4.96 Å². The molecular weight excluding hydrogens is 290 g/mol. The molecule has 0 saturated heterocycles. The number of carbonyl (C=O) groups is 1. The third-order valence-electron chi connectivity index (χ3n) is 3.58. The van der Waals surface area contributed by atoms with Crippen LogP contribution in [0.2, 0.25) is 0 Å². The van der Waals surface area contributed by atoms with E-state index in [-0.39, 0.29) is 29.7 Å². The average Bonchev–Trinajstić information content (AvgIpc) is 2.72. The lowest BCUT2D eigenvalue weighted by Gasteiger charge is -2.19. The highest BCUT2D eigenvalue weighted by atomic mass is 32.1. The Labute approximate surface area is 126 Å². The number of nitrogens with one attached hydrogen (secondary N) is 1. The molecule has 0 spiro atoms. The molecule has 2 heterocycles. The quantitative estimate of drug-likeness (QED) is 0.886. The Bertz CT molecular complexity index is 733. The van der Waals surface area contributed by atoms with E-state index in [1.54, 1.807) is 0 Å². The highest BCUT2D eigenvalue weighted by molar-refractivity contribution is 7.17. The molecule has 2 aromatic rings. The molecule has 0 bridgehead atoms. The number of carbonyl (C=O) groups excluding carboxylic acids is 1. The molecule has 2 aromatic heterocycles. The third kappa shape index (κ3) is 2.84. The van der Waals surface area contributed by atoms with Crippen LogP contribution in [0.4, 0.5) is 0 Å². The van der Waals surface area contributed by atoms with Crippen molar-refractivity contribution in [3.63, 3.8) is 0 Å². The Morgan fingerprint density at radius 2 is 2.14 bits per heavy atom. The molecule has 0 aromatic carbocycles. The predicted molar refractivity (Wildman–Crippen MR) is 82.0 cm³/mol. The summed E-state index contributed by atoms with van der Waals surface area (Å²) in [5.74, 6) is -0.429. The van der Waals surface area contributed by atoms with Crippen molar-refractivity contribution in [3.05, 3.63) is 32.7 Å². The van der Waals surface area contributed by atoms with Gasteiger partial charge < -0.3 is 10.4 Å². The summed E-state index contributed by atoms with van der Waals surface area (Å²) in [5.41, 5.74) is 0.414. The molecule has 0 fully saturated rings. The molecule has 0 aliphatic carbocycles. The highest BCUT2D eigenvalue weighted by Crippen LogP contribution is 2.18. The first-order valence-corrected chi connectivity index (χ1v) is 7.58. The van der Waals surface area contributed by atoms with E-state index >= 15 is 0 Å². The predicted octanol–water partition coefficient (Wildman–Crippen LogP) is 1.12. The minimum atomic E-state index is -0.502. The van der Waals surface area contributed by atoms with Gasteiger partial charge >= 0.3 is 0 Å². The first-order valence-electron chi connectivity index (χ1n) is 6.76. The number of aryl methyl sites for hydroxylation is 2. The van der Waals surface area contributed by atoms with Crippen LogP contribution in [-0.2, 0) is 0 Å². The molecule has 21 heavy (non-hydrogen) atoms. The molecule has 0 radical (unpaired) electrons. The van der Waals surface area contributed by atoms with Crippen LogP contribution in [0.5, 0.6) is 0 Å². The number of amides is 1. The van der Waals surface area contributed by atoms with Crippen LogP contribution in [0.15, 0.2) is 11.0 Å². The van der Waals surface area contributed by atoms with Crippen molar-refractivity contribution >= 4 is 22.2 Å². The topological polar surface area (TPSA) is 83.7 Å². The second kappa shape index (κ2) is 5.95. The lowest BCUT2D eigenvalue weighted by molar-refractivity contribution is 0.0895. The molecule has 114 valence electrons. The number of aromatic nitrogens is 2. The van der Waals surface area contributed by atoms with Crippen molar-refractivity contribution in [2.24, 2.45) is 5.92 Å². The molecule has 1 amide bonds. The summed E-state index contributed by atoms with van der Waals surface area (Å²) in [5, 5.41) is 11.9. The van der Waals surface area contributed by atoms with Crippen molar-refractivity contribution in [3.8, 4) is 0 Å². The molecule has 6 nitrogen and oxygen atoms in total. The van der Waals surface area contributed by atoms with Crippen molar-refractivity contribution in [2.45, 2.75) is 33.7 Å². The van der Waals surface area contributed by atoms with Gasteiger partial charge in [0.15, 0.2) is 4.96 Å². The van der Waals surface area contributed by atoms with E-state index in [1.165, 1.54) is 21.9 Å². The molecule has 2 N–H and O–H groups in total. The fraction of sp³-hybridized carbons (Fsp3) is 0.500. The maximum Gasteiger partial charge on any atom is 0.271 e. The van der Waals surface area contributed by atoms with Gasteiger partial charge in [-0.15, -0.1) is 11.3 Å². The SMILES string of the molecule is Cc1sc2ncc(C(=O)N[C@H](CO)C(C)C)c(=O)n2c1C. The van der Waals surface area contributed by atoms with E-state index in [2.05, 4.69) is 10.3 Å². The van der Waals surface area contributed by atoms with Gasteiger partial charge in [0.2, 0.25) is 0 Å². The third-order valence-corrected chi connectivity index (χ3v) is 4.65. The highest BCUT2D eigenvalue weighted by Gasteiger charge is 2.20. The van der Waals surface area contributed by atoms with E-state index in [0.717, 1.165) is 10.6 Å². The molecule has 0 unspecified atom stereocenters. The van der Waals surface area contributed by atoms with Crippen molar-refractivity contribution in [1.29, 1.82) is 0 Å². The van der Waals surface area contributed by atoms with Crippen molar-refractivity contribution < 1.29 is 9.90 Å². The molecule has 7 heteroatoms. The van der Waals surface area contributed by atoms with E-state index in [1.807, 2.05) is 27.7 Å². The zero-order valence-electron chi connectivity index (χ0n) is 12.5. The number of hydrogen-bond acceptors (Lipinski definition) is 5. The van der Waals surface area contributed by atoms with E-state index in [9.17, 15) is 14.7 Å². The summed E-state index contributed by atoms with van der Waals surface area (Å²) in [6, 6.07) is -0.386. The first-order chi connectivity index (χ1) is 9.86. The van der Waals surface area contributed by atoms with Gasteiger partial charge in [0.1, 0.15) is 5.56 Å². The lowest BCUT2D eigenvalue weighted by atomic mass is 10.1. The van der Waals surface area contributed by atoms with Crippen LogP contribution in [-0.4, -0.2) is 33.0 Å². The summed E-state index contributed by atoms with van der Waals surface area (Å²) >= 11 is 1.42. The van der Waals surface area contributed by atoms with Gasteiger partial charge in [-0.25, -0.2) is 4.98 Å². The molecule has 0 aliphatic rings.